The number of hydrogen-bond acceptors (Lipinski definition) is 5. The Morgan fingerprint density at radius 3 is 2.96 bits per heavy atom. The van der Waals surface area contributed by atoms with Crippen LogP contribution in [0.5, 0.6) is 0 Å². The van der Waals surface area contributed by atoms with Crippen molar-refractivity contribution in [1.82, 2.24) is 5.32 Å². The Bertz CT molecular complexity index is 680. The standard InChI is InChI=1S/C14H14ClN3O2S3/c15-12-4-3-10(18(19)20)8-13(12)17-14(21)16-5-7-22-9-11-2-1-6-23-11/h1-4,6,8H,5,7,9H2,(H2,16,17,21). The zero-order valence-corrected chi connectivity index (χ0v) is 15.2. The molecule has 1 heterocycles. The van der Waals surface area contributed by atoms with Gasteiger partial charge in [0.2, 0.25) is 0 Å². The van der Waals surface area contributed by atoms with Crippen LogP contribution in [0, 0.1) is 10.1 Å². The number of hydrogen-bond donors (Lipinski definition) is 2. The molecule has 0 amide bonds. The normalized spacial score (nSPS) is 10.3. The highest BCUT2D eigenvalue weighted by Gasteiger charge is 2.10. The molecule has 0 aliphatic rings. The molecule has 1 aromatic heterocycles. The van der Waals surface area contributed by atoms with Crippen LogP contribution in [0.3, 0.4) is 0 Å². The minimum absolute atomic E-state index is 0.0359. The summed E-state index contributed by atoms with van der Waals surface area (Å²) >= 11 is 14.7. The van der Waals surface area contributed by atoms with Crippen LogP contribution < -0.4 is 10.6 Å². The van der Waals surface area contributed by atoms with Crippen molar-refractivity contribution in [2.75, 3.05) is 17.6 Å². The number of rotatable bonds is 7. The van der Waals surface area contributed by atoms with Crippen LogP contribution in [0.4, 0.5) is 11.4 Å². The smallest absolute Gasteiger partial charge is 0.271 e. The van der Waals surface area contributed by atoms with Crippen molar-refractivity contribution in [3.05, 3.63) is 55.7 Å². The lowest BCUT2D eigenvalue weighted by atomic mass is 10.3. The Balaban J connectivity index is 1.74. The largest absolute Gasteiger partial charge is 0.362 e. The van der Waals surface area contributed by atoms with Crippen molar-refractivity contribution in [3.8, 4) is 0 Å². The van der Waals surface area contributed by atoms with Crippen LogP contribution in [0.25, 0.3) is 0 Å². The average Bonchev–Trinajstić information content (AvgIpc) is 3.02. The molecule has 0 spiro atoms. The van der Waals surface area contributed by atoms with Crippen LogP contribution in [0.1, 0.15) is 4.88 Å². The van der Waals surface area contributed by atoms with Gasteiger partial charge >= 0.3 is 0 Å². The summed E-state index contributed by atoms with van der Waals surface area (Å²) in [5.41, 5.74) is 0.385. The van der Waals surface area contributed by atoms with E-state index in [-0.39, 0.29) is 5.69 Å². The summed E-state index contributed by atoms with van der Waals surface area (Å²) in [6.45, 7) is 0.703. The number of thioether (sulfide) groups is 1. The lowest BCUT2D eigenvalue weighted by Gasteiger charge is -2.11. The highest BCUT2D eigenvalue weighted by atomic mass is 35.5. The van der Waals surface area contributed by atoms with Crippen molar-refractivity contribution >= 4 is 63.4 Å². The minimum atomic E-state index is -0.473. The fourth-order valence-corrected chi connectivity index (χ4v) is 3.77. The highest BCUT2D eigenvalue weighted by Crippen LogP contribution is 2.26. The summed E-state index contributed by atoms with van der Waals surface area (Å²) < 4.78 is 0. The Hall–Kier alpha value is -1.35. The van der Waals surface area contributed by atoms with Crippen LogP contribution in [0.15, 0.2) is 35.7 Å². The third kappa shape index (κ3) is 5.98. The Labute approximate surface area is 152 Å². The van der Waals surface area contributed by atoms with E-state index in [9.17, 15) is 10.1 Å². The number of halogens is 1. The van der Waals surface area contributed by atoms with E-state index in [1.807, 2.05) is 17.8 Å². The molecule has 0 saturated carbocycles. The molecule has 0 unspecified atom stereocenters. The molecular formula is C14H14ClN3O2S3. The molecule has 0 aliphatic carbocycles. The van der Waals surface area contributed by atoms with E-state index < -0.39 is 4.92 Å². The summed E-state index contributed by atoms with van der Waals surface area (Å²) in [6.07, 6.45) is 0. The van der Waals surface area contributed by atoms with Gasteiger partial charge in [-0.1, -0.05) is 17.7 Å². The predicted octanol–water partition coefficient (Wildman–Crippen LogP) is 4.53. The lowest BCUT2D eigenvalue weighted by molar-refractivity contribution is -0.384. The third-order valence-corrected chi connectivity index (χ3v) is 5.41. The molecule has 5 nitrogen and oxygen atoms in total. The first kappa shape index (κ1) is 18.0. The number of non-ortho nitro benzene ring substituents is 1. The quantitative estimate of drug-likeness (QED) is 0.315. The van der Waals surface area contributed by atoms with Crippen molar-refractivity contribution in [1.29, 1.82) is 0 Å². The monoisotopic (exact) mass is 387 g/mol. The molecule has 23 heavy (non-hydrogen) atoms. The number of nitro benzene ring substituents is 1. The van der Waals surface area contributed by atoms with Gasteiger partial charge in [0.25, 0.3) is 5.69 Å². The predicted molar refractivity (Wildman–Crippen MR) is 103 cm³/mol. The summed E-state index contributed by atoms with van der Waals surface area (Å²) in [5.74, 6) is 1.89. The molecule has 0 saturated heterocycles. The third-order valence-electron chi connectivity index (χ3n) is 2.77. The number of thiophene rings is 1. The molecule has 1 aromatic carbocycles. The first-order valence-corrected chi connectivity index (χ1v) is 9.47. The number of thiocarbonyl (C=S) groups is 1. The van der Waals surface area contributed by atoms with Gasteiger partial charge in [0.15, 0.2) is 5.11 Å². The molecule has 0 aliphatic heterocycles. The first-order chi connectivity index (χ1) is 11.1. The first-order valence-electron chi connectivity index (χ1n) is 6.65. The molecular weight excluding hydrogens is 374 g/mol. The van der Waals surface area contributed by atoms with Gasteiger partial charge in [-0.25, -0.2) is 0 Å². The zero-order chi connectivity index (χ0) is 16.7. The second-order valence-electron chi connectivity index (χ2n) is 4.43. The van der Waals surface area contributed by atoms with E-state index in [1.165, 1.54) is 23.1 Å². The molecule has 2 aromatic rings. The van der Waals surface area contributed by atoms with Crippen LogP contribution in [-0.4, -0.2) is 22.3 Å². The van der Waals surface area contributed by atoms with E-state index in [2.05, 4.69) is 22.1 Å². The fourth-order valence-electron chi connectivity index (χ4n) is 1.69. The molecule has 122 valence electrons. The van der Waals surface area contributed by atoms with E-state index in [4.69, 9.17) is 23.8 Å². The molecule has 0 radical (unpaired) electrons. The number of anilines is 1. The Kier molecular flexibility index (Phi) is 7.10. The average molecular weight is 388 g/mol. The Morgan fingerprint density at radius 2 is 2.26 bits per heavy atom. The van der Waals surface area contributed by atoms with Crippen molar-refractivity contribution in [3.63, 3.8) is 0 Å². The van der Waals surface area contributed by atoms with E-state index in [0.29, 0.717) is 22.4 Å². The van der Waals surface area contributed by atoms with Gasteiger partial charge < -0.3 is 10.6 Å². The van der Waals surface area contributed by atoms with Gasteiger partial charge in [0, 0.05) is 35.1 Å². The van der Waals surface area contributed by atoms with Crippen LogP contribution in [-0.2, 0) is 5.75 Å². The maximum absolute atomic E-state index is 10.8. The number of benzene rings is 1. The fraction of sp³-hybridized carbons (Fsp3) is 0.214. The van der Waals surface area contributed by atoms with E-state index in [0.717, 1.165) is 11.5 Å². The number of nitrogens with zero attached hydrogens (tertiary/aromatic N) is 1. The topological polar surface area (TPSA) is 67.2 Å². The summed E-state index contributed by atoms with van der Waals surface area (Å²) in [7, 11) is 0. The number of nitro groups is 1. The van der Waals surface area contributed by atoms with E-state index in [1.54, 1.807) is 11.3 Å². The second-order valence-corrected chi connectivity index (χ2v) is 7.39. The van der Waals surface area contributed by atoms with Crippen molar-refractivity contribution in [2.45, 2.75) is 5.75 Å². The summed E-state index contributed by atoms with van der Waals surface area (Å²) in [4.78, 5) is 11.6. The van der Waals surface area contributed by atoms with Crippen molar-refractivity contribution < 1.29 is 4.92 Å². The lowest BCUT2D eigenvalue weighted by Crippen LogP contribution is -2.30. The molecule has 0 atom stereocenters. The molecule has 2 rings (SSSR count). The zero-order valence-electron chi connectivity index (χ0n) is 12.0. The molecule has 2 N–H and O–H groups in total. The second kappa shape index (κ2) is 9.07. The van der Waals surface area contributed by atoms with Crippen LogP contribution in [0.2, 0.25) is 5.02 Å². The van der Waals surface area contributed by atoms with Crippen LogP contribution >= 0.6 is 46.9 Å². The maximum atomic E-state index is 10.8. The summed E-state index contributed by atoms with van der Waals surface area (Å²) in [6, 6.07) is 8.34. The minimum Gasteiger partial charge on any atom is -0.362 e. The molecule has 0 fully saturated rings. The maximum Gasteiger partial charge on any atom is 0.271 e. The summed E-state index contributed by atoms with van der Waals surface area (Å²) in [5, 5.41) is 19.6. The van der Waals surface area contributed by atoms with Crippen molar-refractivity contribution in [2.24, 2.45) is 0 Å². The van der Waals surface area contributed by atoms with Gasteiger partial charge in [-0.3, -0.25) is 10.1 Å². The van der Waals surface area contributed by atoms with Gasteiger partial charge in [-0.2, -0.15) is 11.8 Å². The Morgan fingerprint density at radius 1 is 1.43 bits per heavy atom. The van der Waals surface area contributed by atoms with E-state index >= 15 is 0 Å². The van der Waals surface area contributed by atoms with Gasteiger partial charge in [0.05, 0.1) is 15.6 Å². The van der Waals surface area contributed by atoms with Gasteiger partial charge in [0.1, 0.15) is 0 Å². The SMILES string of the molecule is O=[N+]([O-])c1ccc(Cl)c(NC(=S)NCCSCc2cccs2)c1. The number of nitrogens with one attached hydrogen (secondary N) is 2. The molecule has 0 bridgehead atoms. The van der Waals surface area contributed by atoms with Gasteiger partial charge in [-0.15, -0.1) is 11.3 Å². The highest BCUT2D eigenvalue weighted by molar-refractivity contribution is 7.98. The molecule has 9 heteroatoms. The van der Waals surface area contributed by atoms with Gasteiger partial charge in [-0.05, 0) is 29.7 Å².